The third-order valence-electron chi connectivity index (χ3n) is 4.11. The maximum atomic E-state index is 12.3. The zero-order valence-corrected chi connectivity index (χ0v) is 13.2. The minimum absolute atomic E-state index is 0.0509. The minimum atomic E-state index is -0.158. The molecule has 21 heavy (non-hydrogen) atoms. The summed E-state index contributed by atoms with van der Waals surface area (Å²) in [5, 5.41) is 6.21. The first-order valence-corrected chi connectivity index (χ1v) is 8.01. The molecule has 2 fully saturated rings. The number of fused-ring (bicyclic) bond motifs is 1. The number of halogens is 1. The van der Waals surface area contributed by atoms with Gasteiger partial charge in [0, 0.05) is 17.1 Å². The quantitative estimate of drug-likeness (QED) is 0.869. The summed E-state index contributed by atoms with van der Waals surface area (Å²) >= 11 is 3.39. The number of amides is 2. The fourth-order valence-electron chi connectivity index (χ4n) is 3.07. The van der Waals surface area contributed by atoms with Gasteiger partial charge >= 0.3 is 0 Å². The largest absolute Gasteiger partial charge is 0.331 e. The second-order valence-electron chi connectivity index (χ2n) is 5.56. The smallest absolute Gasteiger partial charge is 0.244 e. The number of para-hydroxylation sites is 1. The molecule has 1 aromatic carbocycles. The van der Waals surface area contributed by atoms with Crippen molar-refractivity contribution in [3.8, 4) is 0 Å². The Balaban J connectivity index is 1.60. The topological polar surface area (TPSA) is 61.4 Å². The number of likely N-dealkylation sites (tertiary alicyclic amines) is 1. The third-order valence-corrected chi connectivity index (χ3v) is 4.80. The van der Waals surface area contributed by atoms with Gasteiger partial charge in [0.25, 0.3) is 0 Å². The monoisotopic (exact) mass is 351 g/mol. The van der Waals surface area contributed by atoms with Crippen LogP contribution < -0.4 is 10.6 Å². The van der Waals surface area contributed by atoms with Crippen molar-refractivity contribution < 1.29 is 9.59 Å². The van der Waals surface area contributed by atoms with E-state index in [2.05, 4.69) is 26.6 Å². The lowest BCUT2D eigenvalue weighted by molar-refractivity contribution is -0.134. The molecule has 2 amide bonds. The maximum Gasteiger partial charge on any atom is 0.244 e. The Labute approximate surface area is 132 Å². The van der Waals surface area contributed by atoms with Gasteiger partial charge in [-0.15, -0.1) is 0 Å². The Kier molecular flexibility index (Phi) is 4.26. The molecule has 2 atom stereocenters. The molecular weight excluding hydrogens is 334 g/mol. The van der Waals surface area contributed by atoms with Crippen molar-refractivity contribution in [1.29, 1.82) is 0 Å². The van der Waals surface area contributed by atoms with Gasteiger partial charge in [-0.1, -0.05) is 12.1 Å². The molecule has 0 aromatic heterocycles. The lowest BCUT2D eigenvalue weighted by atomic mass is 9.94. The van der Waals surface area contributed by atoms with E-state index in [1.165, 1.54) is 0 Å². The maximum absolute atomic E-state index is 12.3. The molecule has 0 aliphatic carbocycles. The molecule has 3 rings (SSSR count). The standard InChI is InChI=1S/C15H18BrN3O2/c16-11-5-1-2-6-12(11)18-14(20)9-19-8-13-10(15(19)21)4-3-7-17-13/h1-2,5-6,10,13,17H,3-4,7-9H2,(H,18,20). The van der Waals surface area contributed by atoms with Crippen LogP contribution >= 0.6 is 15.9 Å². The highest BCUT2D eigenvalue weighted by atomic mass is 79.9. The molecule has 2 saturated heterocycles. The number of hydrogen-bond acceptors (Lipinski definition) is 3. The summed E-state index contributed by atoms with van der Waals surface area (Å²) in [4.78, 5) is 26.1. The number of carbonyl (C=O) groups excluding carboxylic acids is 2. The van der Waals surface area contributed by atoms with Crippen LogP contribution in [0, 0.1) is 5.92 Å². The van der Waals surface area contributed by atoms with Crippen molar-refractivity contribution in [3.05, 3.63) is 28.7 Å². The van der Waals surface area contributed by atoms with E-state index in [0.717, 1.165) is 29.5 Å². The molecule has 0 spiro atoms. The number of nitrogens with one attached hydrogen (secondary N) is 2. The minimum Gasteiger partial charge on any atom is -0.331 e. The van der Waals surface area contributed by atoms with Crippen LogP contribution in [0.1, 0.15) is 12.8 Å². The molecule has 6 heteroatoms. The van der Waals surface area contributed by atoms with E-state index in [9.17, 15) is 9.59 Å². The fourth-order valence-corrected chi connectivity index (χ4v) is 3.45. The third kappa shape index (κ3) is 3.11. The average Bonchev–Trinajstić information content (AvgIpc) is 2.78. The van der Waals surface area contributed by atoms with Crippen molar-refractivity contribution in [3.63, 3.8) is 0 Å². The average molecular weight is 352 g/mol. The molecular formula is C15H18BrN3O2. The zero-order valence-electron chi connectivity index (χ0n) is 11.6. The highest BCUT2D eigenvalue weighted by molar-refractivity contribution is 9.10. The number of hydrogen-bond donors (Lipinski definition) is 2. The molecule has 2 N–H and O–H groups in total. The van der Waals surface area contributed by atoms with Crippen molar-refractivity contribution in [2.24, 2.45) is 5.92 Å². The van der Waals surface area contributed by atoms with Gasteiger partial charge in [-0.2, -0.15) is 0 Å². The summed E-state index contributed by atoms with van der Waals surface area (Å²) in [6.45, 7) is 1.72. The molecule has 0 saturated carbocycles. The number of anilines is 1. The van der Waals surface area contributed by atoms with Gasteiger partial charge in [-0.25, -0.2) is 0 Å². The molecule has 1 aromatic rings. The molecule has 0 bridgehead atoms. The molecule has 2 heterocycles. The summed E-state index contributed by atoms with van der Waals surface area (Å²) in [5.41, 5.74) is 0.727. The predicted molar refractivity (Wildman–Crippen MR) is 83.9 cm³/mol. The van der Waals surface area contributed by atoms with Gasteiger partial charge in [-0.05, 0) is 47.4 Å². The normalized spacial score (nSPS) is 24.8. The Morgan fingerprint density at radius 3 is 3.00 bits per heavy atom. The molecule has 0 radical (unpaired) electrons. The van der Waals surface area contributed by atoms with E-state index < -0.39 is 0 Å². The Morgan fingerprint density at radius 2 is 2.24 bits per heavy atom. The van der Waals surface area contributed by atoms with Crippen LogP contribution in [0.4, 0.5) is 5.69 Å². The first-order valence-electron chi connectivity index (χ1n) is 7.21. The second-order valence-corrected chi connectivity index (χ2v) is 6.41. The Morgan fingerprint density at radius 1 is 1.43 bits per heavy atom. The lowest BCUT2D eigenvalue weighted by Gasteiger charge is -2.23. The summed E-state index contributed by atoms with van der Waals surface area (Å²) in [7, 11) is 0. The summed E-state index contributed by atoms with van der Waals surface area (Å²) in [6.07, 6.45) is 1.96. The first kappa shape index (κ1) is 14.5. The highest BCUT2D eigenvalue weighted by Crippen LogP contribution is 2.26. The van der Waals surface area contributed by atoms with Crippen LogP contribution in [0.25, 0.3) is 0 Å². The van der Waals surface area contributed by atoms with Crippen LogP contribution in [0.5, 0.6) is 0 Å². The van der Waals surface area contributed by atoms with Crippen molar-refractivity contribution in [2.75, 3.05) is 25.0 Å². The lowest BCUT2D eigenvalue weighted by Crippen LogP contribution is -2.41. The van der Waals surface area contributed by atoms with Gasteiger partial charge in [0.05, 0.1) is 18.2 Å². The van der Waals surface area contributed by atoms with E-state index in [-0.39, 0.29) is 30.3 Å². The van der Waals surface area contributed by atoms with Crippen LogP contribution in [0.2, 0.25) is 0 Å². The summed E-state index contributed by atoms with van der Waals surface area (Å²) in [5.74, 6) is -0.00149. The van der Waals surface area contributed by atoms with E-state index in [4.69, 9.17) is 0 Å². The van der Waals surface area contributed by atoms with Gasteiger partial charge in [0.2, 0.25) is 11.8 Å². The number of rotatable bonds is 3. The Hall–Kier alpha value is -1.40. The number of piperidine rings is 1. The van der Waals surface area contributed by atoms with Crippen LogP contribution in [-0.2, 0) is 9.59 Å². The molecule has 2 unspecified atom stereocenters. The van der Waals surface area contributed by atoms with Crippen LogP contribution in [0.15, 0.2) is 28.7 Å². The number of carbonyl (C=O) groups is 2. The van der Waals surface area contributed by atoms with E-state index >= 15 is 0 Å². The number of nitrogens with zero attached hydrogens (tertiary/aromatic N) is 1. The predicted octanol–water partition coefficient (Wildman–Crippen LogP) is 1.60. The molecule has 112 valence electrons. The number of benzene rings is 1. The fraction of sp³-hybridized carbons (Fsp3) is 0.467. The van der Waals surface area contributed by atoms with Gasteiger partial charge in [0.15, 0.2) is 0 Å². The molecule has 5 nitrogen and oxygen atoms in total. The van der Waals surface area contributed by atoms with Gasteiger partial charge in [0.1, 0.15) is 0 Å². The van der Waals surface area contributed by atoms with E-state index in [1.807, 2.05) is 24.3 Å². The van der Waals surface area contributed by atoms with Crippen molar-refractivity contribution >= 4 is 33.4 Å². The molecule has 2 aliphatic heterocycles. The van der Waals surface area contributed by atoms with E-state index in [1.54, 1.807) is 4.90 Å². The zero-order chi connectivity index (χ0) is 14.8. The van der Waals surface area contributed by atoms with Crippen LogP contribution in [0.3, 0.4) is 0 Å². The first-order chi connectivity index (χ1) is 10.1. The highest BCUT2D eigenvalue weighted by Gasteiger charge is 2.41. The van der Waals surface area contributed by atoms with Gasteiger partial charge in [-0.3, -0.25) is 9.59 Å². The van der Waals surface area contributed by atoms with Gasteiger partial charge < -0.3 is 15.5 Å². The molecule has 2 aliphatic rings. The van der Waals surface area contributed by atoms with Crippen LogP contribution in [-0.4, -0.2) is 42.4 Å². The van der Waals surface area contributed by atoms with E-state index in [0.29, 0.717) is 6.54 Å². The summed E-state index contributed by atoms with van der Waals surface area (Å²) < 4.78 is 0.835. The van der Waals surface area contributed by atoms with Crippen molar-refractivity contribution in [2.45, 2.75) is 18.9 Å². The van der Waals surface area contributed by atoms with Crippen molar-refractivity contribution in [1.82, 2.24) is 10.2 Å². The summed E-state index contributed by atoms with van der Waals surface area (Å²) in [6, 6.07) is 7.66. The second kappa shape index (κ2) is 6.15. The SMILES string of the molecule is O=C(CN1CC2NCCCC2C1=O)Nc1ccccc1Br. The Bertz CT molecular complexity index is 564.